The van der Waals surface area contributed by atoms with Crippen molar-refractivity contribution in [3.05, 3.63) is 52.9 Å². The zero-order chi connectivity index (χ0) is 21.5. The van der Waals surface area contributed by atoms with E-state index in [0.717, 1.165) is 38.0 Å². The van der Waals surface area contributed by atoms with Gasteiger partial charge in [0, 0.05) is 55.9 Å². The van der Waals surface area contributed by atoms with Crippen LogP contribution in [0.25, 0.3) is 0 Å². The van der Waals surface area contributed by atoms with Crippen LogP contribution in [0.3, 0.4) is 0 Å². The van der Waals surface area contributed by atoms with E-state index in [1.54, 1.807) is 6.07 Å². The number of likely N-dealkylation sites (N-methyl/N-ethyl adjacent to an activating group) is 1. The number of rotatable bonds is 6. The predicted octanol–water partition coefficient (Wildman–Crippen LogP) is 3.84. The van der Waals surface area contributed by atoms with Gasteiger partial charge in [0.2, 0.25) is 0 Å². The van der Waals surface area contributed by atoms with Crippen molar-refractivity contribution < 1.29 is 4.39 Å². The van der Waals surface area contributed by atoms with Crippen molar-refractivity contribution in [1.82, 2.24) is 24.7 Å². The van der Waals surface area contributed by atoms with Gasteiger partial charge in [-0.2, -0.15) is 0 Å². The van der Waals surface area contributed by atoms with E-state index in [2.05, 4.69) is 33.7 Å². The van der Waals surface area contributed by atoms with Crippen LogP contribution in [0.5, 0.6) is 0 Å². The second kappa shape index (κ2) is 8.64. The van der Waals surface area contributed by atoms with Crippen molar-refractivity contribution in [2.24, 2.45) is 0 Å². The molecule has 168 valence electrons. The van der Waals surface area contributed by atoms with Gasteiger partial charge in [0.05, 0.1) is 5.69 Å². The van der Waals surface area contributed by atoms with Crippen LogP contribution in [0.1, 0.15) is 67.0 Å². The lowest BCUT2D eigenvalue weighted by atomic mass is 9.95. The standard InChI is InChI=1S/C25H36FN5/c1-17-28-24-16-29(3)11-10-25(24)31(17)22-14-20-7-8-21(15-22)30(20)12-9-23(27-2)18-5-4-6-19(26)13-18/h4-6,13,20-23,27H,7-12,14-16H2,1-3H3/t20-,21+,22?,23-/m0/s1. The van der Waals surface area contributed by atoms with Crippen LogP contribution in [0.4, 0.5) is 4.39 Å². The van der Waals surface area contributed by atoms with Crippen molar-refractivity contribution in [3.8, 4) is 0 Å². The molecule has 0 spiro atoms. The summed E-state index contributed by atoms with van der Waals surface area (Å²) in [7, 11) is 4.18. The minimum absolute atomic E-state index is 0.149. The molecule has 5 nitrogen and oxygen atoms in total. The van der Waals surface area contributed by atoms with E-state index < -0.39 is 0 Å². The molecule has 2 fully saturated rings. The molecule has 3 aliphatic heterocycles. The highest BCUT2D eigenvalue weighted by molar-refractivity contribution is 5.22. The van der Waals surface area contributed by atoms with E-state index in [9.17, 15) is 4.39 Å². The molecule has 2 saturated heterocycles. The molecule has 1 aromatic heterocycles. The van der Waals surface area contributed by atoms with Gasteiger partial charge in [-0.15, -0.1) is 0 Å². The van der Waals surface area contributed by atoms with Gasteiger partial charge in [0.15, 0.2) is 0 Å². The van der Waals surface area contributed by atoms with Crippen LogP contribution in [0.15, 0.2) is 24.3 Å². The van der Waals surface area contributed by atoms with Crippen LogP contribution in [0, 0.1) is 12.7 Å². The van der Waals surface area contributed by atoms with E-state index in [4.69, 9.17) is 4.98 Å². The lowest BCUT2D eigenvalue weighted by Gasteiger charge is -2.41. The highest BCUT2D eigenvalue weighted by Crippen LogP contribution is 2.42. The largest absolute Gasteiger partial charge is 0.329 e. The molecule has 1 unspecified atom stereocenters. The zero-order valence-corrected chi connectivity index (χ0v) is 19.1. The lowest BCUT2D eigenvalue weighted by molar-refractivity contribution is 0.100. The molecule has 5 rings (SSSR count). The van der Waals surface area contributed by atoms with E-state index in [0.29, 0.717) is 18.1 Å². The minimum Gasteiger partial charge on any atom is -0.329 e. The first kappa shape index (κ1) is 21.1. The van der Waals surface area contributed by atoms with Crippen molar-refractivity contribution in [2.75, 3.05) is 27.2 Å². The van der Waals surface area contributed by atoms with Crippen molar-refractivity contribution in [2.45, 2.75) is 76.2 Å². The number of benzene rings is 1. The number of hydrogen-bond donors (Lipinski definition) is 1. The summed E-state index contributed by atoms with van der Waals surface area (Å²) >= 11 is 0. The molecule has 4 atom stereocenters. The average molecular weight is 426 g/mol. The molecule has 2 bridgehead atoms. The molecule has 1 N–H and O–H groups in total. The van der Waals surface area contributed by atoms with Crippen molar-refractivity contribution in [1.29, 1.82) is 0 Å². The Hall–Kier alpha value is -1.76. The smallest absolute Gasteiger partial charge is 0.123 e. The maximum Gasteiger partial charge on any atom is 0.123 e. The number of nitrogens with zero attached hydrogens (tertiary/aromatic N) is 4. The molecular formula is C25H36FN5. The molecule has 2 aromatic rings. The normalized spacial score (nSPS) is 27.4. The monoisotopic (exact) mass is 425 g/mol. The molecule has 3 aliphatic rings. The third-order valence-corrected chi connectivity index (χ3v) is 7.92. The summed E-state index contributed by atoms with van der Waals surface area (Å²) in [6.07, 6.45) is 7.23. The van der Waals surface area contributed by atoms with Gasteiger partial charge in [-0.3, -0.25) is 4.90 Å². The molecule has 0 aliphatic carbocycles. The van der Waals surface area contributed by atoms with Crippen LogP contribution < -0.4 is 5.32 Å². The fourth-order valence-corrected chi connectivity index (χ4v) is 6.46. The molecular weight excluding hydrogens is 389 g/mol. The van der Waals surface area contributed by atoms with Gasteiger partial charge < -0.3 is 14.8 Å². The zero-order valence-electron chi connectivity index (χ0n) is 19.1. The first-order valence-corrected chi connectivity index (χ1v) is 12.0. The Kier molecular flexibility index (Phi) is 5.88. The summed E-state index contributed by atoms with van der Waals surface area (Å²) < 4.78 is 16.3. The molecule has 0 amide bonds. The highest BCUT2D eigenvalue weighted by atomic mass is 19.1. The van der Waals surface area contributed by atoms with Gasteiger partial charge in [0.1, 0.15) is 11.6 Å². The minimum atomic E-state index is -0.149. The van der Waals surface area contributed by atoms with E-state index in [-0.39, 0.29) is 11.9 Å². The van der Waals surface area contributed by atoms with Crippen LogP contribution in [-0.4, -0.2) is 58.6 Å². The Morgan fingerprint density at radius 1 is 1.19 bits per heavy atom. The number of imidazole rings is 1. The molecule has 4 heterocycles. The highest BCUT2D eigenvalue weighted by Gasteiger charge is 2.42. The van der Waals surface area contributed by atoms with Gasteiger partial charge in [-0.25, -0.2) is 9.37 Å². The topological polar surface area (TPSA) is 36.3 Å². The maximum atomic E-state index is 13.7. The molecule has 0 saturated carbocycles. The van der Waals surface area contributed by atoms with Gasteiger partial charge in [0.25, 0.3) is 0 Å². The summed E-state index contributed by atoms with van der Waals surface area (Å²) in [5.41, 5.74) is 3.85. The van der Waals surface area contributed by atoms with Crippen molar-refractivity contribution in [3.63, 3.8) is 0 Å². The van der Waals surface area contributed by atoms with Gasteiger partial charge in [-0.1, -0.05) is 12.1 Å². The number of halogens is 1. The molecule has 0 radical (unpaired) electrons. The quantitative estimate of drug-likeness (QED) is 0.763. The second-order valence-electron chi connectivity index (χ2n) is 9.84. The maximum absolute atomic E-state index is 13.7. The number of hydrogen-bond acceptors (Lipinski definition) is 4. The number of aromatic nitrogens is 2. The molecule has 6 heteroatoms. The van der Waals surface area contributed by atoms with Crippen LogP contribution >= 0.6 is 0 Å². The molecule has 31 heavy (non-hydrogen) atoms. The van der Waals surface area contributed by atoms with Crippen LogP contribution in [0.2, 0.25) is 0 Å². The SMILES string of the molecule is CN[C@@H](CCN1[C@@H]2CC[C@H]1CC(n1c(C)nc3c1CCN(C)C3)C2)c1cccc(F)c1. The Morgan fingerprint density at radius 2 is 1.97 bits per heavy atom. The summed E-state index contributed by atoms with van der Waals surface area (Å²) in [4.78, 5) is 10.1. The first-order chi connectivity index (χ1) is 15.0. The van der Waals surface area contributed by atoms with E-state index in [1.807, 2.05) is 19.2 Å². The summed E-state index contributed by atoms with van der Waals surface area (Å²) in [5, 5.41) is 3.40. The predicted molar refractivity (Wildman–Crippen MR) is 122 cm³/mol. The first-order valence-electron chi connectivity index (χ1n) is 12.0. The van der Waals surface area contributed by atoms with E-state index in [1.165, 1.54) is 49.0 Å². The van der Waals surface area contributed by atoms with E-state index >= 15 is 0 Å². The number of piperidine rings is 1. The third kappa shape index (κ3) is 4.06. The van der Waals surface area contributed by atoms with Gasteiger partial charge in [-0.05, 0) is 70.8 Å². The summed E-state index contributed by atoms with van der Waals surface area (Å²) in [6.45, 7) is 5.40. The Labute approximate surface area is 185 Å². The second-order valence-corrected chi connectivity index (χ2v) is 9.84. The van der Waals surface area contributed by atoms with Crippen molar-refractivity contribution >= 4 is 0 Å². The average Bonchev–Trinajstić information content (AvgIpc) is 3.19. The molecule has 1 aromatic carbocycles. The lowest BCUT2D eigenvalue weighted by Crippen LogP contribution is -2.45. The fourth-order valence-electron chi connectivity index (χ4n) is 6.46. The fraction of sp³-hybridized carbons (Fsp3) is 0.640. The number of fused-ring (bicyclic) bond motifs is 3. The third-order valence-electron chi connectivity index (χ3n) is 7.92. The number of aryl methyl sites for hydroxylation is 1. The summed E-state index contributed by atoms with van der Waals surface area (Å²) in [5.74, 6) is 1.06. The number of nitrogens with one attached hydrogen (secondary N) is 1. The Balaban J connectivity index is 1.27. The van der Waals surface area contributed by atoms with Crippen LogP contribution in [-0.2, 0) is 13.0 Å². The Bertz CT molecular complexity index is 911. The van der Waals surface area contributed by atoms with Gasteiger partial charge >= 0.3 is 0 Å². The summed E-state index contributed by atoms with van der Waals surface area (Å²) in [6, 6.07) is 9.17. The Morgan fingerprint density at radius 3 is 2.68 bits per heavy atom.